The summed E-state index contributed by atoms with van der Waals surface area (Å²) in [4.78, 5) is 13.0. The van der Waals surface area contributed by atoms with Gasteiger partial charge in [-0.3, -0.25) is 4.79 Å². The van der Waals surface area contributed by atoms with Crippen LogP contribution in [0.15, 0.2) is 57.9 Å². The highest BCUT2D eigenvalue weighted by molar-refractivity contribution is 5.91. The smallest absolute Gasteiger partial charge is 0.200 e. The molecule has 4 rings (SSSR count). The second-order valence-electron chi connectivity index (χ2n) is 6.57. The lowest BCUT2D eigenvalue weighted by atomic mass is 9.99. The number of ether oxygens (including phenoxy) is 2. The number of benzene rings is 2. The quantitative estimate of drug-likeness (QED) is 0.684. The molecule has 0 saturated carbocycles. The van der Waals surface area contributed by atoms with Crippen molar-refractivity contribution >= 4 is 17.0 Å². The zero-order chi connectivity index (χ0) is 17.6. The van der Waals surface area contributed by atoms with Crippen molar-refractivity contribution < 1.29 is 13.9 Å². The van der Waals surface area contributed by atoms with Gasteiger partial charge < -0.3 is 13.9 Å². The molecule has 4 heteroatoms. The molecule has 0 spiro atoms. The number of para-hydroxylation sites is 1. The summed E-state index contributed by atoms with van der Waals surface area (Å²) in [5.41, 5.74) is 2.05. The molecule has 25 heavy (non-hydrogen) atoms. The maximum absolute atomic E-state index is 13.0. The van der Waals surface area contributed by atoms with E-state index in [-0.39, 0.29) is 11.0 Å². The first-order valence-electron chi connectivity index (χ1n) is 8.10. The van der Waals surface area contributed by atoms with E-state index in [1.807, 2.05) is 56.3 Å². The predicted molar refractivity (Wildman–Crippen MR) is 98.2 cm³/mol. The molecule has 0 radical (unpaired) electrons. The minimum Gasteiger partial charge on any atom is -0.496 e. The highest BCUT2D eigenvalue weighted by Gasteiger charge is 2.24. The van der Waals surface area contributed by atoms with Crippen molar-refractivity contribution in [3.05, 3.63) is 64.5 Å². The van der Waals surface area contributed by atoms with Crippen LogP contribution in [0.2, 0.25) is 0 Å². The Morgan fingerprint density at radius 3 is 2.64 bits per heavy atom. The van der Waals surface area contributed by atoms with E-state index >= 15 is 0 Å². The molecule has 2 heterocycles. The fourth-order valence-electron chi connectivity index (χ4n) is 3.10. The summed E-state index contributed by atoms with van der Waals surface area (Å²) in [6.45, 7) is 3.97. The third-order valence-corrected chi connectivity index (χ3v) is 4.36. The Morgan fingerprint density at radius 2 is 1.84 bits per heavy atom. The Bertz CT molecular complexity index is 1060. The summed E-state index contributed by atoms with van der Waals surface area (Å²) in [5, 5.41) is 0.523. The van der Waals surface area contributed by atoms with Crippen LogP contribution in [0.1, 0.15) is 19.4 Å². The van der Waals surface area contributed by atoms with Gasteiger partial charge in [0.05, 0.1) is 23.6 Å². The fourth-order valence-corrected chi connectivity index (χ4v) is 3.10. The number of methoxy groups -OCH3 is 1. The van der Waals surface area contributed by atoms with E-state index < -0.39 is 0 Å². The van der Waals surface area contributed by atoms with Crippen LogP contribution in [0.25, 0.3) is 28.2 Å². The molecule has 0 bridgehead atoms. The van der Waals surface area contributed by atoms with Crippen LogP contribution in [0.4, 0.5) is 0 Å². The molecule has 0 unspecified atom stereocenters. The Hall–Kier alpha value is -3.01. The van der Waals surface area contributed by atoms with Gasteiger partial charge in [-0.15, -0.1) is 0 Å². The maximum Gasteiger partial charge on any atom is 0.200 e. The Balaban J connectivity index is 1.95. The van der Waals surface area contributed by atoms with Crippen LogP contribution in [-0.4, -0.2) is 12.7 Å². The summed E-state index contributed by atoms with van der Waals surface area (Å²) >= 11 is 0. The van der Waals surface area contributed by atoms with Crippen molar-refractivity contribution in [2.45, 2.75) is 19.4 Å². The molecule has 3 aromatic rings. The first-order chi connectivity index (χ1) is 12.0. The SMILES string of the molecule is COc1ccccc1-c1coc2c3c(ccc2c1=O)OC(C)(C)C=C3. The van der Waals surface area contributed by atoms with Gasteiger partial charge in [-0.25, -0.2) is 0 Å². The molecular weight excluding hydrogens is 316 g/mol. The zero-order valence-corrected chi connectivity index (χ0v) is 14.3. The summed E-state index contributed by atoms with van der Waals surface area (Å²) in [6, 6.07) is 11.0. The summed E-state index contributed by atoms with van der Waals surface area (Å²) in [7, 11) is 1.59. The minimum absolute atomic E-state index is 0.0909. The van der Waals surface area contributed by atoms with E-state index in [1.165, 1.54) is 6.26 Å². The van der Waals surface area contributed by atoms with Gasteiger partial charge in [0.15, 0.2) is 0 Å². The molecule has 0 saturated heterocycles. The highest BCUT2D eigenvalue weighted by atomic mass is 16.5. The van der Waals surface area contributed by atoms with Gasteiger partial charge in [-0.05, 0) is 44.2 Å². The van der Waals surface area contributed by atoms with Crippen molar-refractivity contribution in [1.29, 1.82) is 0 Å². The summed E-state index contributed by atoms with van der Waals surface area (Å²) < 4.78 is 17.2. The van der Waals surface area contributed by atoms with Crippen molar-refractivity contribution in [2.24, 2.45) is 0 Å². The van der Waals surface area contributed by atoms with Gasteiger partial charge in [0.1, 0.15) is 28.9 Å². The van der Waals surface area contributed by atoms with E-state index in [4.69, 9.17) is 13.9 Å². The van der Waals surface area contributed by atoms with Gasteiger partial charge in [-0.1, -0.05) is 18.2 Å². The van der Waals surface area contributed by atoms with Gasteiger partial charge in [0.25, 0.3) is 0 Å². The molecule has 0 N–H and O–H groups in total. The third-order valence-electron chi connectivity index (χ3n) is 4.36. The molecule has 4 nitrogen and oxygen atoms in total. The lowest BCUT2D eigenvalue weighted by Gasteiger charge is -2.27. The molecule has 0 amide bonds. The fraction of sp³-hybridized carbons (Fsp3) is 0.190. The van der Waals surface area contributed by atoms with E-state index in [9.17, 15) is 4.79 Å². The maximum atomic E-state index is 13.0. The largest absolute Gasteiger partial charge is 0.496 e. The second kappa shape index (κ2) is 5.52. The molecular formula is C21H18O4. The van der Waals surface area contributed by atoms with E-state index in [0.717, 1.165) is 5.56 Å². The average molecular weight is 334 g/mol. The second-order valence-corrected chi connectivity index (χ2v) is 6.57. The lowest BCUT2D eigenvalue weighted by molar-refractivity contribution is 0.159. The molecule has 0 fully saturated rings. The Kier molecular flexibility index (Phi) is 3.42. The lowest BCUT2D eigenvalue weighted by Crippen LogP contribution is -2.27. The first kappa shape index (κ1) is 15.5. The van der Waals surface area contributed by atoms with E-state index in [2.05, 4.69) is 0 Å². The molecule has 2 aromatic carbocycles. The highest BCUT2D eigenvalue weighted by Crippen LogP contribution is 2.36. The van der Waals surface area contributed by atoms with Crippen molar-refractivity contribution in [3.63, 3.8) is 0 Å². The summed E-state index contributed by atoms with van der Waals surface area (Å²) in [6.07, 6.45) is 5.41. The van der Waals surface area contributed by atoms with Crippen LogP contribution in [-0.2, 0) is 0 Å². The minimum atomic E-state index is -0.377. The van der Waals surface area contributed by atoms with Crippen molar-refractivity contribution in [2.75, 3.05) is 7.11 Å². The number of hydrogen-bond donors (Lipinski definition) is 0. The van der Waals surface area contributed by atoms with Crippen LogP contribution in [0, 0.1) is 0 Å². The topological polar surface area (TPSA) is 48.7 Å². The number of rotatable bonds is 2. The van der Waals surface area contributed by atoms with Crippen LogP contribution in [0.5, 0.6) is 11.5 Å². The summed E-state index contributed by atoms with van der Waals surface area (Å²) in [5.74, 6) is 1.35. The molecule has 0 aliphatic carbocycles. The number of fused-ring (bicyclic) bond motifs is 3. The van der Waals surface area contributed by atoms with E-state index in [1.54, 1.807) is 13.2 Å². The standard InChI is InChI=1S/C21H18O4/c1-21(2)11-10-14-18(25-21)9-8-15-19(22)16(12-24-20(14)15)13-6-4-5-7-17(13)23-3/h4-12H,1-3H3. The van der Waals surface area contributed by atoms with Crippen LogP contribution >= 0.6 is 0 Å². The number of hydrogen-bond acceptors (Lipinski definition) is 4. The Labute approximate surface area is 145 Å². The molecule has 1 aromatic heterocycles. The van der Waals surface area contributed by atoms with Gasteiger partial charge in [-0.2, -0.15) is 0 Å². The molecule has 0 atom stereocenters. The molecule has 126 valence electrons. The normalized spacial score (nSPS) is 14.8. The average Bonchev–Trinajstić information content (AvgIpc) is 2.61. The van der Waals surface area contributed by atoms with Crippen molar-refractivity contribution in [1.82, 2.24) is 0 Å². The predicted octanol–water partition coefficient (Wildman–Crippen LogP) is 4.65. The van der Waals surface area contributed by atoms with Gasteiger partial charge >= 0.3 is 0 Å². The first-order valence-corrected chi connectivity index (χ1v) is 8.10. The van der Waals surface area contributed by atoms with E-state index in [0.29, 0.717) is 33.6 Å². The van der Waals surface area contributed by atoms with Crippen LogP contribution in [0.3, 0.4) is 0 Å². The van der Waals surface area contributed by atoms with Gasteiger partial charge in [0, 0.05) is 5.56 Å². The zero-order valence-electron chi connectivity index (χ0n) is 14.3. The van der Waals surface area contributed by atoms with Crippen LogP contribution < -0.4 is 14.9 Å². The molecule has 1 aliphatic heterocycles. The Morgan fingerprint density at radius 1 is 1.04 bits per heavy atom. The van der Waals surface area contributed by atoms with Gasteiger partial charge in [0.2, 0.25) is 5.43 Å². The monoisotopic (exact) mass is 334 g/mol. The molecule has 1 aliphatic rings. The third kappa shape index (κ3) is 2.50. The van der Waals surface area contributed by atoms with Crippen molar-refractivity contribution in [3.8, 4) is 22.6 Å².